The lowest BCUT2D eigenvalue weighted by molar-refractivity contribution is 0.105. The monoisotopic (exact) mass is 506 g/mol. The summed E-state index contributed by atoms with van der Waals surface area (Å²) in [6, 6.07) is 6.23. The zero-order valence-electron chi connectivity index (χ0n) is 14.1. The minimum atomic E-state index is -1.24. The van der Waals surface area contributed by atoms with Crippen molar-refractivity contribution >= 4 is 40.0 Å². The van der Waals surface area contributed by atoms with Crippen molar-refractivity contribution in [3.05, 3.63) is 51.4 Å². The third kappa shape index (κ3) is 4.54. The molecule has 7 nitrogen and oxygen atoms in total. The normalized spacial score (nSPS) is 12.1. The number of benzene rings is 2. The fraction of sp³-hybridized carbons (Fsp3) is 0.176. The Morgan fingerprint density at radius 1 is 1.11 bits per heavy atom. The van der Waals surface area contributed by atoms with Gasteiger partial charge in [-0.3, -0.25) is 0 Å². The van der Waals surface area contributed by atoms with Crippen molar-refractivity contribution in [3.8, 4) is 11.5 Å². The van der Waals surface area contributed by atoms with Crippen molar-refractivity contribution in [1.82, 2.24) is 10.2 Å². The fourth-order valence-electron chi connectivity index (χ4n) is 2.25. The van der Waals surface area contributed by atoms with Gasteiger partial charge in [-0.1, -0.05) is 5.10 Å². The Bertz CT molecular complexity index is 986. The first-order chi connectivity index (χ1) is 13.4. The summed E-state index contributed by atoms with van der Waals surface area (Å²) in [6.45, 7) is -0.526. The number of aliphatic hydroxyl groups is 2. The highest BCUT2D eigenvalue weighted by Crippen LogP contribution is 2.34. The maximum atomic E-state index is 14.4. The van der Waals surface area contributed by atoms with Crippen molar-refractivity contribution in [2.75, 3.05) is 23.8 Å². The van der Waals surface area contributed by atoms with E-state index in [0.29, 0.717) is 3.57 Å². The van der Waals surface area contributed by atoms with Crippen LogP contribution < -0.4 is 10.6 Å². The van der Waals surface area contributed by atoms with Crippen LogP contribution in [0.5, 0.6) is 0 Å². The van der Waals surface area contributed by atoms with Crippen LogP contribution in [-0.4, -0.2) is 39.7 Å². The molecule has 1 aromatic heterocycles. The van der Waals surface area contributed by atoms with E-state index in [9.17, 15) is 18.3 Å². The second-order valence-electron chi connectivity index (χ2n) is 5.66. The Balaban J connectivity index is 1.94. The Morgan fingerprint density at radius 3 is 2.61 bits per heavy atom. The zero-order valence-corrected chi connectivity index (χ0v) is 16.2. The van der Waals surface area contributed by atoms with E-state index in [1.165, 1.54) is 18.2 Å². The van der Waals surface area contributed by atoms with Gasteiger partial charge in [0, 0.05) is 10.1 Å². The van der Waals surface area contributed by atoms with Crippen LogP contribution >= 0.6 is 22.6 Å². The van der Waals surface area contributed by atoms with Crippen LogP contribution in [0.25, 0.3) is 11.5 Å². The first-order valence-electron chi connectivity index (χ1n) is 7.95. The SMILES string of the molecule is OC[C@@H](O)CNc1nnc(-c2ccc(F)c(F)c2Nc2ccc(I)cc2F)o1. The van der Waals surface area contributed by atoms with Crippen LogP contribution in [0.4, 0.5) is 30.6 Å². The van der Waals surface area contributed by atoms with Crippen molar-refractivity contribution < 1.29 is 27.8 Å². The molecule has 0 spiro atoms. The molecule has 0 aliphatic carbocycles. The average molecular weight is 506 g/mol. The average Bonchev–Trinajstić information content (AvgIpc) is 3.14. The second kappa shape index (κ2) is 8.75. The molecule has 0 aliphatic heterocycles. The minimum Gasteiger partial charge on any atom is -0.403 e. The van der Waals surface area contributed by atoms with Crippen molar-refractivity contribution in [3.63, 3.8) is 0 Å². The van der Waals surface area contributed by atoms with E-state index < -0.39 is 30.2 Å². The van der Waals surface area contributed by atoms with Gasteiger partial charge in [0.15, 0.2) is 11.6 Å². The predicted octanol–water partition coefficient (Wildman–Crippen LogP) is 3.27. The van der Waals surface area contributed by atoms with E-state index in [0.717, 1.165) is 6.07 Å². The molecule has 2 aromatic carbocycles. The molecule has 0 saturated carbocycles. The molecule has 148 valence electrons. The molecule has 0 amide bonds. The third-order valence-corrected chi connectivity index (χ3v) is 4.31. The number of hydrogen-bond donors (Lipinski definition) is 4. The maximum absolute atomic E-state index is 14.4. The molecule has 11 heteroatoms. The van der Waals surface area contributed by atoms with Crippen LogP contribution in [0.1, 0.15) is 0 Å². The third-order valence-electron chi connectivity index (χ3n) is 3.64. The minimum absolute atomic E-state index is 0.0140. The van der Waals surface area contributed by atoms with Crippen LogP contribution in [0, 0.1) is 21.0 Å². The van der Waals surface area contributed by atoms with Gasteiger partial charge in [0.1, 0.15) is 5.82 Å². The Kier molecular flexibility index (Phi) is 6.36. The predicted molar refractivity (Wildman–Crippen MR) is 104 cm³/mol. The highest BCUT2D eigenvalue weighted by Gasteiger charge is 2.20. The summed E-state index contributed by atoms with van der Waals surface area (Å²) in [4.78, 5) is 0. The van der Waals surface area contributed by atoms with Gasteiger partial charge in [0.2, 0.25) is 0 Å². The van der Waals surface area contributed by atoms with Gasteiger partial charge < -0.3 is 25.3 Å². The zero-order chi connectivity index (χ0) is 20.3. The van der Waals surface area contributed by atoms with Crippen LogP contribution in [-0.2, 0) is 0 Å². The summed E-state index contributed by atoms with van der Waals surface area (Å²) in [5, 5.41) is 30.7. The number of nitrogens with one attached hydrogen (secondary N) is 2. The first kappa shape index (κ1) is 20.4. The highest BCUT2D eigenvalue weighted by atomic mass is 127. The number of nitrogens with zero attached hydrogens (tertiary/aromatic N) is 2. The molecule has 0 fully saturated rings. The van der Waals surface area contributed by atoms with Gasteiger partial charge in [-0.2, -0.15) is 0 Å². The van der Waals surface area contributed by atoms with E-state index >= 15 is 0 Å². The summed E-state index contributed by atoms with van der Waals surface area (Å²) in [7, 11) is 0. The topological polar surface area (TPSA) is 103 Å². The number of hydrogen-bond acceptors (Lipinski definition) is 7. The van der Waals surface area contributed by atoms with Crippen molar-refractivity contribution in [2.45, 2.75) is 6.10 Å². The number of aliphatic hydroxyl groups excluding tert-OH is 2. The highest BCUT2D eigenvalue weighted by molar-refractivity contribution is 14.1. The number of anilines is 3. The van der Waals surface area contributed by atoms with E-state index in [-0.39, 0.29) is 35.4 Å². The molecule has 0 bridgehead atoms. The summed E-state index contributed by atoms with van der Waals surface area (Å²) in [6.07, 6.45) is -1.04. The molecule has 3 rings (SSSR count). The van der Waals surface area contributed by atoms with E-state index in [1.807, 2.05) is 22.6 Å². The van der Waals surface area contributed by atoms with Crippen LogP contribution in [0.2, 0.25) is 0 Å². The second-order valence-corrected chi connectivity index (χ2v) is 6.91. The van der Waals surface area contributed by atoms with Gasteiger partial charge in [0.05, 0.1) is 29.6 Å². The molecule has 28 heavy (non-hydrogen) atoms. The molecule has 0 unspecified atom stereocenters. The van der Waals surface area contributed by atoms with Gasteiger partial charge in [-0.05, 0) is 52.9 Å². The molecular formula is C17H14F3IN4O3. The lowest BCUT2D eigenvalue weighted by Gasteiger charge is -2.12. The molecule has 4 N–H and O–H groups in total. The Morgan fingerprint density at radius 2 is 1.89 bits per heavy atom. The van der Waals surface area contributed by atoms with Crippen LogP contribution in [0.3, 0.4) is 0 Å². The van der Waals surface area contributed by atoms with Crippen molar-refractivity contribution in [2.24, 2.45) is 0 Å². The van der Waals surface area contributed by atoms with E-state index in [2.05, 4.69) is 20.8 Å². The smallest absolute Gasteiger partial charge is 0.315 e. The summed E-state index contributed by atoms with van der Waals surface area (Å²) >= 11 is 1.92. The molecular weight excluding hydrogens is 492 g/mol. The number of halogens is 4. The van der Waals surface area contributed by atoms with Gasteiger partial charge in [-0.15, -0.1) is 5.10 Å². The van der Waals surface area contributed by atoms with Crippen molar-refractivity contribution in [1.29, 1.82) is 0 Å². The van der Waals surface area contributed by atoms with Gasteiger partial charge >= 0.3 is 6.01 Å². The fourth-order valence-corrected chi connectivity index (χ4v) is 2.70. The summed E-state index contributed by atoms with van der Waals surface area (Å²) < 4.78 is 48.3. The Hall–Kier alpha value is -2.38. The molecule has 0 aliphatic rings. The van der Waals surface area contributed by atoms with E-state index in [4.69, 9.17) is 9.52 Å². The number of aromatic nitrogens is 2. The van der Waals surface area contributed by atoms with Gasteiger partial charge in [-0.25, -0.2) is 13.2 Å². The Labute approximate surface area is 170 Å². The maximum Gasteiger partial charge on any atom is 0.315 e. The van der Waals surface area contributed by atoms with Gasteiger partial charge in [0.25, 0.3) is 5.89 Å². The lowest BCUT2D eigenvalue weighted by atomic mass is 10.1. The first-order valence-corrected chi connectivity index (χ1v) is 9.03. The quantitative estimate of drug-likeness (QED) is 0.365. The summed E-state index contributed by atoms with van der Waals surface area (Å²) in [5.74, 6) is -3.18. The van der Waals surface area contributed by atoms with E-state index in [1.54, 1.807) is 6.07 Å². The molecule has 3 aromatic rings. The summed E-state index contributed by atoms with van der Waals surface area (Å²) in [5.41, 5.74) is -0.416. The molecule has 0 saturated heterocycles. The van der Waals surface area contributed by atoms with Crippen LogP contribution in [0.15, 0.2) is 34.7 Å². The number of rotatable bonds is 7. The lowest BCUT2D eigenvalue weighted by Crippen LogP contribution is -2.23. The largest absolute Gasteiger partial charge is 0.403 e. The molecule has 1 atom stereocenters. The standard InChI is InChI=1S/C17H14F3IN4O3/c18-11-3-2-10(16-24-25-17(28-16)22-6-9(27)7-26)15(14(11)20)23-13-4-1-8(21)5-12(13)19/h1-5,9,23,26-27H,6-7H2,(H,22,25)/t9-/m0/s1. The molecule has 1 heterocycles. The molecule has 0 radical (unpaired) electrons.